The fourth-order valence-corrected chi connectivity index (χ4v) is 13.3. The highest BCUT2D eigenvalue weighted by Gasteiger charge is 2.70. The first-order valence-corrected chi connectivity index (χ1v) is 20.2. The molecule has 0 spiro atoms. The summed E-state index contributed by atoms with van der Waals surface area (Å²) >= 11 is 1.57. The van der Waals surface area contributed by atoms with Crippen LogP contribution in [0.5, 0.6) is 0 Å². The van der Waals surface area contributed by atoms with Crippen molar-refractivity contribution < 1.29 is 29.3 Å². The monoisotopic (exact) mass is 710 g/mol. The molecule has 9 atom stereocenters. The fourth-order valence-electron chi connectivity index (χ4n) is 12.8. The van der Waals surface area contributed by atoms with Crippen LogP contribution in [0.3, 0.4) is 0 Å². The molecule has 278 valence electrons. The van der Waals surface area contributed by atoms with Crippen LogP contribution in [0.25, 0.3) is 0 Å². The van der Waals surface area contributed by atoms with E-state index in [1.165, 1.54) is 5.57 Å². The number of aliphatic carboxylic acids is 1. The average Bonchev–Trinajstić information content (AvgIpc) is 3.64. The largest absolute Gasteiger partial charge is 0.481 e. The smallest absolute Gasteiger partial charge is 0.309 e. The second-order valence-electron chi connectivity index (χ2n) is 19.2. The van der Waals surface area contributed by atoms with Gasteiger partial charge in [-0.05, 0) is 111 Å². The van der Waals surface area contributed by atoms with Crippen LogP contribution in [-0.4, -0.2) is 51.7 Å². The van der Waals surface area contributed by atoms with Crippen LogP contribution >= 0.6 is 11.3 Å². The van der Waals surface area contributed by atoms with Crippen LogP contribution < -0.4 is 5.32 Å². The predicted octanol–water partition coefficient (Wildman–Crippen LogP) is 7.99. The number of allylic oxidation sites excluding steroid dienone is 1. The number of nitrogens with zero attached hydrogens (tertiary/aromatic N) is 1. The Labute approximate surface area is 303 Å². The number of thiazole rings is 1. The number of ether oxygens (including phenoxy) is 1. The molecule has 1 heterocycles. The van der Waals surface area contributed by atoms with Crippen molar-refractivity contribution in [3.8, 4) is 0 Å². The zero-order valence-corrected chi connectivity index (χ0v) is 32.8. The molecule has 4 saturated carbocycles. The first-order valence-electron chi connectivity index (χ1n) is 19.2. The molecule has 0 aromatic carbocycles. The highest BCUT2D eigenvalue weighted by atomic mass is 32.1. The van der Waals surface area contributed by atoms with Crippen molar-refractivity contribution in [1.29, 1.82) is 0 Å². The highest BCUT2D eigenvalue weighted by molar-refractivity contribution is 7.07. The SMILES string of the molecule is CC(C)C1=C2[C@H]3CC[C@@H]4[C@@]5(C)CC[C@H](OC(=O)CC(C)(C)C(=O)O)C(C)(C)[C@H]5CC[C@@]4(C)[C@]3(C)CC[C@@]2([C@@H](O)CNCc2cscn2)CC1=O. The molecule has 1 aromatic rings. The minimum atomic E-state index is -1.16. The van der Waals surface area contributed by atoms with Crippen molar-refractivity contribution >= 4 is 29.1 Å². The summed E-state index contributed by atoms with van der Waals surface area (Å²) in [5.74, 6) is 0.0829. The second kappa shape index (κ2) is 12.8. The molecule has 4 fully saturated rings. The van der Waals surface area contributed by atoms with Crippen LogP contribution in [0.2, 0.25) is 0 Å². The lowest BCUT2D eigenvalue weighted by molar-refractivity contribution is -0.235. The molecule has 0 unspecified atom stereocenters. The first-order chi connectivity index (χ1) is 23.2. The van der Waals surface area contributed by atoms with E-state index >= 15 is 0 Å². The maximum atomic E-state index is 14.0. The molecular weight excluding hydrogens is 649 g/mol. The minimum absolute atomic E-state index is 0.00287. The molecule has 50 heavy (non-hydrogen) atoms. The molecular formula is C41H62N2O6S. The van der Waals surface area contributed by atoms with Gasteiger partial charge in [0.25, 0.3) is 0 Å². The molecule has 9 heteroatoms. The number of Topliss-reactive ketones (excluding diaryl/α,β-unsaturated/α-hetero) is 1. The lowest BCUT2D eigenvalue weighted by atomic mass is 9.33. The number of hydrogen-bond acceptors (Lipinski definition) is 8. The Morgan fingerprint density at radius 2 is 1.74 bits per heavy atom. The molecule has 6 rings (SSSR count). The van der Waals surface area contributed by atoms with E-state index in [4.69, 9.17) is 4.74 Å². The van der Waals surface area contributed by atoms with E-state index in [0.29, 0.717) is 31.3 Å². The molecule has 5 aliphatic carbocycles. The number of rotatable bonds is 10. The Hall–Kier alpha value is -2.10. The second-order valence-corrected chi connectivity index (χ2v) is 19.9. The summed E-state index contributed by atoms with van der Waals surface area (Å²) in [4.78, 5) is 43.1. The lowest BCUT2D eigenvalue weighted by Gasteiger charge is -2.72. The third-order valence-corrected chi connectivity index (χ3v) is 16.3. The van der Waals surface area contributed by atoms with Gasteiger partial charge in [-0.2, -0.15) is 0 Å². The van der Waals surface area contributed by atoms with Gasteiger partial charge in [-0.15, -0.1) is 11.3 Å². The maximum absolute atomic E-state index is 14.0. The van der Waals surface area contributed by atoms with Gasteiger partial charge >= 0.3 is 11.9 Å². The molecule has 0 bridgehead atoms. The van der Waals surface area contributed by atoms with Gasteiger partial charge < -0.3 is 20.3 Å². The number of aromatic nitrogens is 1. The van der Waals surface area contributed by atoms with Gasteiger partial charge in [0.1, 0.15) is 6.10 Å². The fraction of sp³-hybridized carbons (Fsp3) is 0.805. The summed E-state index contributed by atoms with van der Waals surface area (Å²) in [6.07, 6.45) is 7.26. The summed E-state index contributed by atoms with van der Waals surface area (Å²) in [5.41, 5.74) is 3.31. The Balaban J connectivity index is 1.27. The molecule has 0 saturated heterocycles. The van der Waals surface area contributed by atoms with E-state index in [9.17, 15) is 24.6 Å². The van der Waals surface area contributed by atoms with E-state index in [2.05, 4.69) is 58.8 Å². The van der Waals surface area contributed by atoms with Gasteiger partial charge in [0.2, 0.25) is 0 Å². The number of esters is 1. The van der Waals surface area contributed by atoms with Gasteiger partial charge in [-0.1, -0.05) is 54.0 Å². The lowest BCUT2D eigenvalue weighted by Crippen LogP contribution is -2.66. The standard InChI is InChI=1S/C41H62N2O6S/c1-24(2)33-27(44)18-41(30(45)21-42-20-25-22-50-23-43-25)17-16-39(8)26(34(33)41)10-11-29-38(7)14-13-31(49-32(46)19-36(3,4)35(47)48)37(5,6)28(38)12-15-40(29,39)9/h22-24,26,28-31,42,45H,10-21H2,1-9H3,(H,47,48)/t26-,28-,29-,30+,31+,38+,39-,40-,41+/m1/s1. The van der Waals surface area contributed by atoms with Crippen LogP contribution in [-0.2, 0) is 25.7 Å². The van der Waals surface area contributed by atoms with Gasteiger partial charge in [0, 0.05) is 35.7 Å². The number of aliphatic hydroxyl groups excluding tert-OH is 1. The van der Waals surface area contributed by atoms with Crippen LogP contribution in [0.1, 0.15) is 132 Å². The van der Waals surface area contributed by atoms with E-state index in [1.54, 1.807) is 25.2 Å². The van der Waals surface area contributed by atoms with E-state index < -0.39 is 28.9 Å². The number of hydrogen-bond donors (Lipinski definition) is 3. The third kappa shape index (κ3) is 5.66. The number of carboxylic acids is 1. The van der Waals surface area contributed by atoms with Crippen molar-refractivity contribution in [2.45, 2.75) is 145 Å². The molecule has 3 N–H and O–H groups in total. The van der Waals surface area contributed by atoms with Crippen molar-refractivity contribution in [3.05, 3.63) is 27.7 Å². The summed E-state index contributed by atoms with van der Waals surface area (Å²) in [6.45, 7) is 20.7. The van der Waals surface area contributed by atoms with Crippen LogP contribution in [0.4, 0.5) is 0 Å². The number of aliphatic hydroxyl groups is 1. The zero-order chi connectivity index (χ0) is 36.7. The molecule has 0 amide bonds. The number of carboxylic acid groups (broad SMARTS) is 1. The number of nitrogens with one attached hydrogen (secondary N) is 1. The van der Waals surface area contributed by atoms with Gasteiger partial charge in [0.15, 0.2) is 5.78 Å². The average molecular weight is 711 g/mol. The number of fused-ring (bicyclic) bond motifs is 7. The summed E-state index contributed by atoms with van der Waals surface area (Å²) in [6, 6.07) is 0. The Kier molecular flexibility index (Phi) is 9.63. The Bertz CT molecular complexity index is 1530. The van der Waals surface area contributed by atoms with Gasteiger partial charge in [0.05, 0.1) is 29.1 Å². The van der Waals surface area contributed by atoms with Crippen molar-refractivity contribution in [1.82, 2.24) is 10.3 Å². The summed E-state index contributed by atoms with van der Waals surface area (Å²) < 4.78 is 6.16. The molecule has 0 aliphatic heterocycles. The minimum Gasteiger partial charge on any atom is -0.481 e. The molecule has 8 nitrogen and oxygen atoms in total. The molecule has 0 radical (unpaired) electrons. The Morgan fingerprint density at radius 1 is 1.02 bits per heavy atom. The first kappa shape index (κ1) is 37.7. The quantitative estimate of drug-likeness (QED) is 0.209. The summed E-state index contributed by atoms with van der Waals surface area (Å²) in [7, 11) is 0. The third-order valence-electron chi connectivity index (χ3n) is 15.6. The maximum Gasteiger partial charge on any atom is 0.309 e. The van der Waals surface area contributed by atoms with Crippen LogP contribution in [0, 0.1) is 56.2 Å². The molecule has 1 aromatic heterocycles. The van der Waals surface area contributed by atoms with Crippen molar-refractivity contribution in [2.24, 2.45) is 56.2 Å². The van der Waals surface area contributed by atoms with E-state index in [-0.39, 0.29) is 51.8 Å². The number of ketones is 1. The van der Waals surface area contributed by atoms with Crippen molar-refractivity contribution in [3.63, 3.8) is 0 Å². The van der Waals surface area contributed by atoms with Crippen molar-refractivity contribution in [2.75, 3.05) is 6.54 Å². The highest BCUT2D eigenvalue weighted by Crippen LogP contribution is 2.77. The zero-order valence-electron chi connectivity index (χ0n) is 32.0. The predicted molar refractivity (Wildman–Crippen MR) is 195 cm³/mol. The summed E-state index contributed by atoms with van der Waals surface area (Å²) in [5, 5.41) is 27.1. The van der Waals surface area contributed by atoms with Gasteiger partial charge in [-0.25, -0.2) is 4.98 Å². The van der Waals surface area contributed by atoms with E-state index in [1.807, 2.05) is 10.9 Å². The molecule has 5 aliphatic rings. The Morgan fingerprint density at radius 3 is 2.38 bits per heavy atom. The van der Waals surface area contributed by atoms with E-state index in [0.717, 1.165) is 62.6 Å². The topological polar surface area (TPSA) is 126 Å². The number of carbonyl (C=O) groups is 3. The van der Waals surface area contributed by atoms with Crippen LogP contribution in [0.15, 0.2) is 22.0 Å². The number of carbonyl (C=O) groups excluding carboxylic acids is 2. The van der Waals surface area contributed by atoms with Gasteiger partial charge in [-0.3, -0.25) is 14.4 Å². The normalized spacial score (nSPS) is 38.6.